The van der Waals surface area contributed by atoms with Crippen LogP contribution in [0.4, 0.5) is 0 Å². The molecule has 0 amide bonds. The van der Waals surface area contributed by atoms with Crippen LogP contribution in [0.5, 0.6) is 0 Å². The lowest BCUT2D eigenvalue weighted by atomic mass is 10.1. The summed E-state index contributed by atoms with van der Waals surface area (Å²) in [7, 11) is 0. The van der Waals surface area contributed by atoms with Gasteiger partial charge in [-0.3, -0.25) is 0 Å². The van der Waals surface area contributed by atoms with Gasteiger partial charge >= 0.3 is 0 Å². The maximum Gasteiger partial charge on any atom is 0.0377 e. The number of benzene rings is 1. The van der Waals surface area contributed by atoms with Crippen molar-refractivity contribution in [2.45, 2.75) is 20.3 Å². The Hall–Kier alpha value is -0.820. The molecule has 0 radical (unpaired) electrons. The summed E-state index contributed by atoms with van der Waals surface area (Å²) < 4.78 is 1.47. The minimum absolute atomic E-state index is 1.14. The van der Waals surface area contributed by atoms with Gasteiger partial charge in [-0.1, -0.05) is 19.1 Å². The van der Waals surface area contributed by atoms with E-state index in [1.807, 2.05) is 11.3 Å². The predicted octanol–water partition coefficient (Wildman–Crippen LogP) is 3.77. The fraction of sp³-hybridized carbons (Fsp3) is 0.273. The second kappa shape index (κ2) is 2.91. The fourth-order valence-electron chi connectivity index (χ4n) is 1.54. The Morgan fingerprint density at radius 1 is 1.25 bits per heavy atom. The van der Waals surface area contributed by atoms with Crippen LogP contribution in [0.2, 0.25) is 0 Å². The SMILES string of the molecule is CCc1ccc(C)c2ccsc12. The molecule has 0 aliphatic carbocycles. The molecule has 0 saturated carbocycles. The van der Waals surface area contributed by atoms with Gasteiger partial charge in [0.05, 0.1) is 0 Å². The molecule has 0 N–H and O–H groups in total. The third-order valence-corrected chi connectivity index (χ3v) is 3.29. The first-order valence-electron chi connectivity index (χ1n) is 4.28. The van der Waals surface area contributed by atoms with E-state index >= 15 is 0 Å². The van der Waals surface area contributed by atoms with Gasteiger partial charge in [-0.15, -0.1) is 11.3 Å². The van der Waals surface area contributed by atoms with Crippen LogP contribution in [0.25, 0.3) is 10.1 Å². The maximum absolute atomic E-state index is 2.24. The number of rotatable bonds is 1. The molecule has 0 aliphatic rings. The molecule has 62 valence electrons. The van der Waals surface area contributed by atoms with E-state index in [4.69, 9.17) is 0 Å². The predicted molar refractivity (Wildman–Crippen MR) is 55.9 cm³/mol. The van der Waals surface area contributed by atoms with Crippen molar-refractivity contribution in [3.05, 3.63) is 34.7 Å². The Morgan fingerprint density at radius 3 is 2.83 bits per heavy atom. The summed E-state index contributed by atoms with van der Waals surface area (Å²) in [4.78, 5) is 0. The fourth-order valence-corrected chi connectivity index (χ4v) is 2.60. The van der Waals surface area contributed by atoms with Crippen molar-refractivity contribution >= 4 is 21.4 Å². The zero-order valence-electron chi connectivity index (χ0n) is 7.42. The van der Waals surface area contributed by atoms with E-state index in [2.05, 4.69) is 37.4 Å². The number of aryl methyl sites for hydroxylation is 2. The smallest absolute Gasteiger partial charge is 0.0377 e. The van der Waals surface area contributed by atoms with Gasteiger partial charge < -0.3 is 0 Å². The Morgan fingerprint density at radius 2 is 2.08 bits per heavy atom. The highest BCUT2D eigenvalue weighted by Crippen LogP contribution is 2.27. The van der Waals surface area contributed by atoms with Crippen LogP contribution in [0.3, 0.4) is 0 Å². The second-order valence-electron chi connectivity index (χ2n) is 3.06. The van der Waals surface area contributed by atoms with Crippen LogP contribution in [0, 0.1) is 6.92 Å². The highest BCUT2D eigenvalue weighted by molar-refractivity contribution is 7.17. The van der Waals surface area contributed by atoms with Gasteiger partial charge in [0.2, 0.25) is 0 Å². The molecule has 1 aromatic heterocycles. The first-order chi connectivity index (χ1) is 5.83. The van der Waals surface area contributed by atoms with Crippen LogP contribution >= 0.6 is 11.3 Å². The lowest BCUT2D eigenvalue weighted by Gasteiger charge is -2.00. The number of hydrogen-bond donors (Lipinski definition) is 0. The van der Waals surface area contributed by atoms with Crippen LogP contribution in [0.1, 0.15) is 18.1 Å². The highest BCUT2D eigenvalue weighted by Gasteiger charge is 2.02. The van der Waals surface area contributed by atoms with E-state index in [1.54, 1.807) is 0 Å². The quantitative estimate of drug-likeness (QED) is 0.620. The van der Waals surface area contributed by atoms with Gasteiger partial charge in [-0.2, -0.15) is 0 Å². The third kappa shape index (κ3) is 1.05. The Labute approximate surface area is 76.8 Å². The molecule has 0 atom stereocenters. The molecule has 0 bridgehead atoms. The van der Waals surface area contributed by atoms with Crippen molar-refractivity contribution in [2.75, 3.05) is 0 Å². The molecule has 1 heterocycles. The third-order valence-electron chi connectivity index (χ3n) is 2.30. The maximum atomic E-state index is 2.24. The highest BCUT2D eigenvalue weighted by atomic mass is 32.1. The monoisotopic (exact) mass is 176 g/mol. The Balaban J connectivity index is 2.82. The van der Waals surface area contributed by atoms with Crippen LogP contribution in [0.15, 0.2) is 23.6 Å². The molecule has 2 aromatic rings. The average Bonchev–Trinajstić information content (AvgIpc) is 2.54. The largest absolute Gasteiger partial charge is 0.144 e. The summed E-state index contributed by atoms with van der Waals surface area (Å²) >= 11 is 1.85. The summed E-state index contributed by atoms with van der Waals surface area (Å²) in [5.74, 6) is 0. The van der Waals surface area contributed by atoms with E-state index in [0.717, 1.165) is 6.42 Å². The van der Waals surface area contributed by atoms with E-state index in [0.29, 0.717) is 0 Å². The lowest BCUT2D eigenvalue weighted by molar-refractivity contribution is 1.16. The minimum atomic E-state index is 1.14. The van der Waals surface area contributed by atoms with Crippen LogP contribution < -0.4 is 0 Å². The van der Waals surface area contributed by atoms with Gasteiger partial charge in [-0.05, 0) is 41.3 Å². The summed E-state index contributed by atoms with van der Waals surface area (Å²) in [6, 6.07) is 6.68. The van der Waals surface area contributed by atoms with E-state index in [9.17, 15) is 0 Å². The van der Waals surface area contributed by atoms with Crippen LogP contribution in [-0.4, -0.2) is 0 Å². The van der Waals surface area contributed by atoms with Crippen molar-refractivity contribution in [2.24, 2.45) is 0 Å². The van der Waals surface area contributed by atoms with E-state index < -0.39 is 0 Å². The number of hydrogen-bond acceptors (Lipinski definition) is 1. The van der Waals surface area contributed by atoms with Crippen molar-refractivity contribution < 1.29 is 0 Å². The molecule has 0 saturated heterocycles. The zero-order chi connectivity index (χ0) is 8.55. The van der Waals surface area contributed by atoms with Crippen molar-refractivity contribution in [3.8, 4) is 0 Å². The summed E-state index contributed by atoms with van der Waals surface area (Å²) in [5, 5.41) is 3.61. The molecule has 0 unspecified atom stereocenters. The molecular formula is C11H12S. The lowest BCUT2D eigenvalue weighted by Crippen LogP contribution is -1.81. The molecule has 1 aromatic carbocycles. The summed E-state index contributed by atoms with van der Waals surface area (Å²) in [5.41, 5.74) is 2.87. The standard InChI is InChI=1S/C11H12S/c1-3-9-5-4-8(2)10-6-7-12-11(9)10/h4-7H,3H2,1-2H3. The normalized spacial score (nSPS) is 10.8. The molecule has 2 rings (SSSR count). The molecule has 0 aliphatic heterocycles. The van der Waals surface area contributed by atoms with Gasteiger partial charge in [0.1, 0.15) is 0 Å². The first-order valence-corrected chi connectivity index (χ1v) is 5.16. The molecule has 0 spiro atoms. The Kier molecular flexibility index (Phi) is 1.89. The topological polar surface area (TPSA) is 0 Å². The van der Waals surface area contributed by atoms with Crippen molar-refractivity contribution in [1.82, 2.24) is 0 Å². The van der Waals surface area contributed by atoms with Gasteiger partial charge in [0.25, 0.3) is 0 Å². The van der Waals surface area contributed by atoms with Gasteiger partial charge in [0, 0.05) is 4.70 Å². The molecule has 0 nitrogen and oxygen atoms in total. The summed E-state index contributed by atoms with van der Waals surface area (Å²) in [6.07, 6.45) is 1.14. The van der Waals surface area contributed by atoms with E-state index in [-0.39, 0.29) is 0 Å². The minimum Gasteiger partial charge on any atom is -0.144 e. The molecule has 12 heavy (non-hydrogen) atoms. The van der Waals surface area contributed by atoms with Crippen molar-refractivity contribution in [3.63, 3.8) is 0 Å². The summed E-state index contributed by atoms with van der Waals surface area (Å²) in [6.45, 7) is 4.39. The molecular weight excluding hydrogens is 164 g/mol. The average molecular weight is 176 g/mol. The molecule has 1 heteroatoms. The second-order valence-corrected chi connectivity index (χ2v) is 3.97. The number of fused-ring (bicyclic) bond motifs is 1. The zero-order valence-corrected chi connectivity index (χ0v) is 8.24. The van der Waals surface area contributed by atoms with Crippen LogP contribution in [-0.2, 0) is 6.42 Å². The first kappa shape index (κ1) is 7.81. The number of thiophene rings is 1. The van der Waals surface area contributed by atoms with E-state index in [1.165, 1.54) is 21.2 Å². The van der Waals surface area contributed by atoms with Gasteiger partial charge in [-0.25, -0.2) is 0 Å². The Bertz CT molecular complexity index is 398. The van der Waals surface area contributed by atoms with Gasteiger partial charge in [0.15, 0.2) is 0 Å². The van der Waals surface area contributed by atoms with Crippen molar-refractivity contribution in [1.29, 1.82) is 0 Å². The molecule has 0 fully saturated rings.